The second-order valence-corrected chi connectivity index (χ2v) is 4.97. The van der Waals surface area contributed by atoms with Gasteiger partial charge in [-0.3, -0.25) is 9.59 Å². The monoisotopic (exact) mass is 293 g/mol. The predicted octanol–water partition coefficient (Wildman–Crippen LogP) is 2.85. The molecular formula is C16H20FNO3. The summed E-state index contributed by atoms with van der Waals surface area (Å²) < 4.78 is 13.3. The van der Waals surface area contributed by atoms with Crippen LogP contribution in [0, 0.1) is 11.7 Å². The minimum atomic E-state index is -0.807. The average molecular weight is 293 g/mol. The first-order valence-corrected chi connectivity index (χ1v) is 6.91. The normalized spacial score (nSPS) is 12.3. The van der Waals surface area contributed by atoms with Crippen LogP contribution in [0.15, 0.2) is 30.3 Å². The van der Waals surface area contributed by atoms with Crippen LogP contribution in [0.25, 0.3) is 6.08 Å². The molecule has 0 spiro atoms. The van der Waals surface area contributed by atoms with Crippen molar-refractivity contribution in [1.29, 1.82) is 0 Å². The van der Waals surface area contributed by atoms with Gasteiger partial charge in [0.05, 0.1) is 0 Å². The molecule has 1 unspecified atom stereocenters. The van der Waals surface area contributed by atoms with E-state index in [-0.39, 0.29) is 24.1 Å². The second kappa shape index (κ2) is 8.89. The van der Waals surface area contributed by atoms with Crippen molar-refractivity contribution < 1.29 is 19.1 Å². The number of carbonyl (C=O) groups is 2. The molecule has 1 amide bonds. The van der Waals surface area contributed by atoms with Gasteiger partial charge in [-0.15, -0.1) is 0 Å². The molecule has 0 fully saturated rings. The van der Waals surface area contributed by atoms with E-state index >= 15 is 0 Å². The Labute approximate surface area is 123 Å². The van der Waals surface area contributed by atoms with Gasteiger partial charge in [0.2, 0.25) is 5.91 Å². The van der Waals surface area contributed by atoms with Crippen LogP contribution in [-0.2, 0) is 9.59 Å². The van der Waals surface area contributed by atoms with E-state index in [1.165, 1.54) is 18.2 Å². The Morgan fingerprint density at radius 3 is 2.71 bits per heavy atom. The molecule has 0 aliphatic rings. The summed E-state index contributed by atoms with van der Waals surface area (Å²) in [4.78, 5) is 22.0. The molecule has 1 atom stereocenters. The molecule has 0 aliphatic heterocycles. The van der Waals surface area contributed by atoms with E-state index in [0.29, 0.717) is 24.9 Å². The van der Waals surface area contributed by atoms with E-state index in [4.69, 9.17) is 5.11 Å². The molecule has 0 bridgehead atoms. The Morgan fingerprint density at radius 1 is 1.33 bits per heavy atom. The number of amides is 1. The standard InChI is InChI=1S/C16H20FNO3/c1-12(6-9-16(20)21)10-11-18-15(19)8-7-13-4-2-3-5-14(13)17/h2-5,7-8,12H,6,9-11H2,1H3,(H,18,19)(H,20,21). The highest BCUT2D eigenvalue weighted by atomic mass is 19.1. The van der Waals surface area contributed by atoms with Gasteiger partial charge in [-0.1, -0.05) is 25.1 Å². The topological polar surface area (TPSA) is 66.4 Å². The first-order valence-electron chi connectivity index (χ1n) is 6.91. The quantitative estimate of drug-likeness (QED) is 0.724. The van der Waals surface area contributed by atoms with Crippen LogP contribution in [0.4, 0.5) is 4.39 Å². The Kier molecular flexibility index (Phi) is 7.15. The van der Waals surface area contributed by atoms with Crippen LogP contribution < -0.4 is 5.32 Å². The lowest BCUT2D eigenvalue weighted by Crippen LogP contribution is -2.23. The molecule has 0 aromatic heterocycles. The molecule has 21 heavy (non-hydrogen) atoms. The number of carboxylic acids is 1. The zero-order chi connectivity index (χ0) is 15.7. The molecule has 5 heteroatoms. The summed E-state index contributed by atoms with van der Waals surface area (Å²) >= 11 is 0. The van der Waals surface area contributed by atoms with E-state index in [1.54, 1.807) is 18.2 Å². The van der Waals surface area contributed by atoms with Crippen LogP contribution in [0.2, 0.25) is 0 Å². The maximum Gasteiger partial charge on any atom is 0.303 e. The second-order valence-electron chi connectivity index (χ2n) is 4.97. The van der Waals surface area contributed by atoms with Gasteiger partial charge in [0, 0.05) is 24.6 Å². The van der Waals surface area contributed by atoms with E-state index in [9.17, 15) is 14.0 Å². The summed E-state index contributed by atoms with van der Waals surface area (Å²) in [6, 6.07) is 6.21. The molecule has 1 aromatic rings. The number of hydrogen-bond acceptors (Lipinski definition) is 2. The summed E-state index contributed by atoms with van der Waals surface area (Å²) in [6.45, 7) is 2.42. The summed E-state index contributed by atoms with van der Waals surface area (Å²) in [5.41, 5.74) is 0.363. The molecule has 1 rings (SSSR count). The molecule has 4 nitrogen and oxygen atoms in total. The summed E-state index contributed by atoms with van der Waals surface area (Å²) in [5.74, 6) is -1.23. The number of carboxylic acid groups (broad SMARTS) is 1. The molecular weight excluding hydrogens is 273 g/mol. The van der Waals surface area contributed by atoms with Gasteiger partial charge in [0.15, 0.2) is 0 Å². The zero-order valence-corrected chi connectivity index (χ0v) is 12.0. The van der Waals surface area contributed by atoms with Crippen LogP contribution in [-0.4, -0.2) is 23.5 Å². The van der Waals surface area contributed by atoms with Crippen molar-refractivity contribution in [3.05, 3.63) is 41.7 Å². The van der Waals surface area contributed by atoms with Crippen molar-refractivity contribution in [3.63, 3.8) is 0 Å². The van der Waals surface area contributed by atoms with Gasteiger partial charge < -0.3 is 10.4 Å². The lowest BCUT2D eigenvalue weighted by molar-refractivity contribution is -0.137. The van der Waals surface area contributed by atoms with Gasteiger partial charge in [-0.05, 0) is 30.9 Å². The fraction of sp³-hybridized carbons (Fsp3) is 0.375. The summed E-state index contributed by atoms with van der Waals surface area (Å²) in [6.07, 6.45) is 4.17. The lowest BCUT2D eigenvalue weighted by Gasteiger charge is -2.09. The van der Waals surface area contributed by atoms with E-state index in [1.807, 2.05) is 6.92 Å². The first-order chi connectivity index (χ1) is 9.99. The van der Waals surface area contributed by atoms with Crippen molar-refractivity contribution in [1.82, 2.24) is 5.32 Å². The lowest BCUT2D eigenvalue weighted by atomic mass is 10.0. The average Bonchev–Trinajstić information content (AvgIpc) is 2.44. The minimum absolute atomic E-state index is 0.141. The molecule has 1 aromatic carbocycles. The number of hydrogen-bond donors (Lipinski definition) is 2. The number of benzene rings is 1. The van der Waals surface area contributed by atoms with E-state index in [2.05, 4.69) is 5.32 Å². The Morgan fingerprint density at radius 2 is 2.05 bits per heavy atom. The third kappa shape index (κ3) is 7.25. The highest BCUT2D eigenvalue weighted by Crippen LogP contribution is 2.09. The third-order valence-corrected chi connectivity index (χ3v) is 3.11. The van der Waals surface area contributed by atoms with Gasteiger partial charge in [0.1, 0.15) is 5.82 Å². The van der Waals surface area contributed by atoms with Gasteiger partial charge in [0.25, 0.3) is 0 Å². The molecule has 114 valence electrons. The predicted molar refractivity (Wildman–Crippen MR) is 79.1 cm³/mol. The molecule has 0 saturated carbocycles. The van der Waals surface area contributed by atoms with Crippen molar-refractivity contribution in [3.8, 4) is 0 Å². The minimum Gasteiger partial charge on any atom is -0.481 e. The Bertz CT molecular complexity index is 514. The fourth-order valence-corrected chi connectivity index (χ4v) is 1.79. The third-order valence-electron chi connectivity index (χ3n) is 3.11. The maximum atomic E-state index is 13.3. The highest BCUT2D eigenvalue weighted by Gasteiger charge is 2.06. The number of carbonyl (C=O) groups excluding carboxylic acids is 1. The summed E-state index contributed by atoms with van der Waals surface area (Å²) in [5, 5.41) is 11.3. The number of aliphatic carboxylic acids is 1. The van der Waals surface area contributed by atoms with Gasteiger partial charge in [-0.25, -0.2) is 4.39 Å². The van der Waals surface area contributed by atoms with Crippen LogP contribution in [0.3, 0.4) is 0 Å². The van der Waals surface area contributed by atoms with Crippen molar-refractivity contribution in [2.24, 2.45) is 5.92 Å². The molecule has 0 saturated heterocycles. The highest BCUT2D eigenvalue weighted by molar-refractivity contribution is 5.91. The SMILES string of the molecule is CC(CCNC(=O)C=Cc1ccccc1F)CCC(=O)O. The largest absolute Gasteiger partial charge is 0.481 e. The maximum absolute atomic E-state index is 13.3. The molecule has 2 N–H and O–H groups in total. The molecule has 0 radical (unpaired) electrons. The van der Waals surface area contributed by atoms with Crippen molar-refractivity contribution in [2.45, 2.75) is 26.2 Å². The zero-order valence-electron chi connectivity index (χ0n) is 12.0. The van der Waals surface area contributed by atoms with E-state index in [0.717, 1.165) is 0 Å². The van der Waals surface area contributed by atoms with Crippen LogP contribution >= 0.6 is 0 Å². The van der Waals surface area contributed by atoms with Crippen LogP contribution in [0.5, 0.6) is 0 Å². The van der Waals surface area contributed by atoms with E-state index < -0.39 is 5.97 Å². The van der Waals surface area contributed by atoms with Crippen molar-refractivity contribution >= 4 is 18.0 Å². The van der Waals surface area contributed by atoms with Crippen molar-refractivity contribution in [2.75, 3.05) is 6.54 Å². The molecule has 0 aliphatic carbocycles. The van der Waals surface area contributed by atoms with Crippen LogP contribution in [0.1, 0.15) is 31.7 Å². The Hall–Kier alpha value is -2.17. The molecule has 0 heterocycles. The first kappa shape index (κ1) is 16.9. The van der Waals surface area contributed by atoms with Gasteiger partial charge >= 0.3 is 5.97 Å². The number of rotatable bonds is 8. The Balaban J connectivity index is 2.28. The number of halogens is 1. The smallest absolute Gasteiger partial charge is 0.303 e. The van der Waals surface area contributed by atoms with Gasteiger partial charge in [-0.2, -0.15) is 0 Å². The summed E-state index contributed by atoms with van der Waals surface area (Å²) in [7, 11) is 0. The number of nitrogens with one attached hydrogen (secondary N) is 1. The fourth-order valence-electron chi connectivity index (χ4n) is 1.79.